The second-order valence-corrected chi connectivity index (χ2v) is 6.52. The molecule has 2 aromatic rings. The lowest BCUT2D eigenvalue weighted by Gasteiger charge is -2.32. The molecule has 1 heterocycles. The first-order valence-corrected chi connectivity index (χ1v) is 8.99. The summed E-state index contributed by atoms with van der Waals surface area (Å²) < 4.78 is 23.7. The molecule has 0 aromatic heterocycles. The highest BCUT2D eigenvalue weighted by Crippen LogP contribution is 2.33. The molecule has 0 spiro atoms. The Labute approximate surface area is 167 Å². The van der Waals surface area contributed by atoms with Crippen molar-refractivity contribution in [2.45, 2.75) is 19.4 Å². The Morgan fingerprint density at radius 2 is 1.90 bits per heavy atom. The summed E-state index contributed by atoms with van der Waals surface area (Å²) in [6, 6.07) is 10.7. The molecule has 0 N–H and O–H groups in total. The molecule has 1 aliphatic heterocycles. The van der Waals surface area contributed by atoms with Gasteiger partial charge in [-0.15, -0.1) is 0 Å². The molecule has 1 aliphatic rings. The van der Waals surface area contributed by atoms with E-state index in [9.17, 15) is 18.8 Å². The van der Waals surface area contributed by atoms with E-state index in [4.69, 9.17) is 9.47 Å². The summed E-state index contributed by atoms with van der Waals surface area (Å²) in [4.78, 5) is 38.0. The van der Waals surface area contributed by atoms with Crippen molar-refractivity contribution in [2.24, 2.45) is 0 Å². The third-order valence-corrected chi connectivity index (χ3v) is 4.67. The fraction of sp³-hybridized carbons (Fsp3) is 0.227. The topological polar surface area (TPSA) is 72.9 Å². The summed E-state index contributed by atoms with van der Waals surface area (Å²) in [5.74, 6) is -2.03. The van der Waals surface area contributed by atoms with Crippen LogP contribution in [0.1, 0.15) is 40.9 Å². The maximum atomic E-state index is 13.7. The van der Waals surface area contributed by atoms with Crippen molar-refractivity contribution in [3.05, 3.63) is 71.2 Å². The Balaban J connectivity index is 1.66. The highest BCUT2D eigenvalue weighted by molar-refractivity contribution is 5.98. The van der Waals surface area contributed by atoms with E-state index in [2.05, 4.69) is 0 Å². The first-order valence-electron chi connectivity index (χ1n) is 8.99. The number of methoxy groups -OCH3 is 1. The van der Waals surface area contributed by atoms with Gasteiger partial charge in [0.15, 0.2) is 24.0 Å². The molecule has 1 amide bonds. The number of ketones is 1. The molecule has 0 fully saturated rings. The van der Waals surface area contributed by atoms with Gasteiger partial charge in [0, 0.05) is 18.7 Å². The maximum Gasteiger partial charge on any atom is 0.308 e. The summed E-state index contributed by atoms with van der Waals surface area (Å²) >= 11 is 0. The normalized spacial score (nSPS) is 14.9. The Bertz CT molecular complexity index is 985. The fourth-order valence-electron chi connectivity index (χ4n) is 3.20. The number of amides is 1. The van der Waals surface area contributed by atoms with Gasteiger partial charge in [0.05, 0.1) is 19.6 Å². The van der Waals surface area contributed by atoms with E-state index in [0.29, 0.717) is 0 Å². The molecule has 0 aliphatic carbocycles. The molecule has 0 bridgehead atoms. The van der Waals surface area contributed by atoms with Crippen molar-refractivity contribution in [2.75, 3.05) is 13.7 Å². The third-order valence-electron chi connectivity index (χ3n) is 4.67. The fourth-order valence-corrected chi connectivity index (χ4v) is 3.20. The van der Waals surface area contributed by atoms with E-state index in [0.717, 1.165) is 17.2 Å². The minimum Gasteiger partial charge on any atom is -0.494 e. The largest absolute Gasteiger partial charge is 0.494 e. The van der Waals surface area contributed by atoms with E-state index in [-0.39, 0.29) is 23.6 Å². The second kappa shape index (κ2) is 8.68. The van der Waals surface area contributed by atoms with Crippen molar-refractivity contribution in [1.29, 1.82) is 0 Å². The quantitative estimate of drug-likeness (QED) is 0.551. The van der Waals surface area contributed by atoms with Crippen molar-refractivity contribution in [3.8, 4) is 5.75 Å². The number of benzene rings is 2. The van der Waals surface area contributed by atoms with Crippen molar-refractivity contribution >= 4 is 23.7 Å². The number of halogens is 1. The molecular weight excluding hydrogens is 377 g/mol. The summed E-state index contributed by atoms with van der Waals surface area (Å²) in [6.45, 7) is 0.896. The van der Waals surface area contributed by atoms with Gasteiger partial charge in [-0.05, 0) is 35.4 Å². The van der Waals surface area contributed by atoms with Crippen LogP contribution in [0.5, 0.6) is 5.75 Å². The van der Waals surface area contributed by atoms with Crippen LogP contribution < -0.4 is 4.74 Å². The number of nitrogens with zero attached hydrogens (tertiary/aromatic N) is 1. The Kier molecular flexibility index (Phi) is 6.07. The number of carbonyl (C=O) groups excluding carboxylic acids is 3. The lowest BCUT2D eigenvalue weighted by atomic mass is 9.94. The molecule has 7 heteroatoms. The van der Waals surface area contributed by atoms with Crippen LogP contribution in [0.4, 0.5) is 4.39 Å². The maximum absolute atomic E-state index is 13.7. The molecular formula is C22H20FNO5. The van der Waals surface area contributed by atoms with Crippen LogP contribution in [0, 0.1) is 5.82 Å². The third kappa shape index (κ3) is 4.51. The average molecular weight is 397 g/mol. The molecule has 0 saturated heterocycles. The number of Topliss-reactive ketones (excluding diaryl/α,β-unsaturated/α-hetero) is 1. The van der Waals surface area contributed by atoms with Crippen LogP contribution in [0.3, 0.4) is 0 Å². The van der Waals surface area contributed by atoms with Gasteiger partial charge in [0.25, 0.3) is 0 Å². The van der Waals surface area contributed by atoms with Crippen molar-refractivity contribution in [3.63, 3.8) is 0 Å². The average Bonchev–Trinajstić information content (AvgIpc) is 2.72. The monoisotopic (exact) mass is 397 g/mol. The number of rotatable bonds is 6. The summed E-state index contributed by atoms with van der Waals surface area (Å²) in [6.07, 6.45) is 3.33. The molecule has 6 nitrogen and oxygen atoms in total. The molecule has 1 atom stereocenters. The van der Waals surface area contributed by atoms with Crippen molar-refractivity contribution in [1.82, 2.24) is 4.90 Å². The minimum atomic E-state index is -0.674. The first kappa shape index (κ1) is 20.3. The number of hydrogen-bond acceptors (Lipinski definition) is 5. The molecule has 0 unspecified atom stereocenters. The SMILES string of the molecule is COc1ccc(C(=O)COC(=O)C[C@@H]2c3ccccc3C=CN2C(C)=O)cc1F. The van der Waals surface area contributed by atoms with Gasteiger partial charge in [0.2, 0.25) is 5.91 Å². The van der Waals surface area contributed by atoms with E-state index in [1.54, 1.807) is 12.3 Å². The number of ether oxygens (including phenoxy) is 2. The number of carbonyl (C=O) groups is 3. The lowest BCUT2D eigenvalue weighted by Crippen LogP contribution is -2.32. The van der Waals surface area contributed by atoms with Gasteiger partial charge in [-0.3, -0.25) is 14.4 Å². The highest BCUT2D eigenvalue weighted by atomic mass is 19.1. The number of hydrogen-bond donors (Lipinski definition) is 0. The zero-order valence-electron chi connectivity index (χ0n) is 16.1. The summed E-state index contributed by atoms with van der Waals surface area (Å²) in [7, 11) is 1.32. The first-order chi connectivity index (χ1) is 13.9. The molecule has 3 rings (SSSR count). The predicted octanol–water partition coefficient (Wildman–Crippen LogP) is 3.52. The van der Waals surface area contributed by atoms with Gasteiger partial charge in [-0.1, -0.05) is 24.3 Å². The van der Waals surface area contributed by atoms with Gasteiger partial charge < -0.3 is 14.4 Å². The summed E-state index contributed by atoms with van der Waals surface area (Å²) in [5.41, 5.74) is 1.81. The number of esters is 1. The minimum absolute atomic E-state index is 0.0203. The van der Waals surface area contributed by atoms with E-state index in [1.807, 2.05) is 24.3 Å². The number of fused-ring (bicyclic) bond motifs is 1. The van der Waals surface area contributed by atoms with Crippen LogP contribution in [0.2, 0.25) is 0 Å². The molecule has 0 saturated carbocycles. The van der Waals surface area contributed by atoms with Crippen LogP contribution in [0.15, 0.2) is 48.7 Å². The molecule has 2 aromatic carbocycles. The molecule has 0 radical (unpaired) electrons. The van der Waals surface area contributed by atoms with E-state index in [1.165, 1.54) is 31.1 Å². The van der Waals surface area contributed by atoms with E-state index >= 15 is 0 Å². The predicted molar refractivity (Wildman–Crippen MR) is 104 cm³/mol. The smallest absolute Gasteiger partial charge is 0.308 e. The summed E-state index contributed by atoms with van der Waals surface area (Å²) in [5, 5.41) is 0. The van der Waals surface area contributed by atoms with E-state index < -0.39 is 30.2 Å². The Morgan fingerprint density at radius 1 is 1.14 bits per heavy atom. The zero-order valence-corrected chi connectivity index (χ0v) is 16.1. The second-order valence-electron chi connectivity index (χ2n) is 6.52. The Hall–Kier alpha value is -3.48. The lowest BCUT2D eigenvalue weighted by molar-refractivity contribution is -0.144. The van der Waals surface area contributed by atoms with Gasteiger partial charge in [-0.2, -0.15) is 0 Å². The van der Waals surface area contributed by atoms with Gasteiger partial charge in [0.1, 0.15) is 0 Å². The van der Waals surface area contributed by atoms with Gasteiger partial charge >= 0.3 is 5.97 Å². The highest BCUT2D eigenvalue weighted by Gasteiger charge is 2.29. The standard InChI is InChI=1S/C22H20FNO5/c1-14(25)24-10-9-15-5-3-4-6-17(15)19(24)12-22(27)29-13-20(26)16-7-8-21(28-2)18(23)11-16/h3-11,19H,12-13H2,1-2H3/t19-/m1/s1. The van der Waals surface area contributed by atoms with Crippen LogP contribution >= 0.6 is 0 Å². The zero-order chi connectivity index (χ0) is 21.0. The van der Waals surface area contributed by atoms with Crippen LogP contribution in [0.25, 0.3) is 6.08 Å². The van der Waals surface area contributed by atoms with Crippen LogP contribution in [-0.4, -0.2) is 36.3 Å². The van der Waals surface area contributed by atoms with Gasteiger partial charge in [-0.25, -0.2) is 4.39 Å². The van der Waals surface area contributed by atoms with Crippen LogP contribution in [-0.2, 0) is 14.3 Å². The molecule has 29 heavy (non-hydrogen) atoms. The Morgan fingerprint density at radius 3 is 2.59 bits per heavy atom. The molecule has 150 valence electrons. The van der Waals surface area contributed by atoms with Crippen molar-refractivity contribution < 1.29 is 28.2 Å².